The summed E-state index contributed by atoms with van der Waals surface area (Å²) in [6.07, 6.45) is 2.98. The lowest BCUT2D eigenvalue weighted by atomic mass is 10.1. The van der Waals surface area contributed by atoms with Gasteiger partial charge in [-0.2, -0.15) is 9.97 Å². The van der Waals surface area contributed by atoms with Gasteiger partial charge in [0.1, 0.15) is 0 Å². The van der Waals surface area contributed by atoms with Crippen LogP contribution in [0, 0.1) is 10.1 Å². The molecule has 3 aromatic rings. The molecule has 0 atom stereocenters. The summed E-state index contributed by atoms with van der Waals surface area (Å²) in [6.45, 7) is 5.08. The summed E-state index contributed by atoms with van der Waals surface area (Å²) in [6, 6.07) is 9.40. The van der Waals surface area contributed by atoms with E-state index in [2.05, 4.69) is 19.9 Å². The number of nitro groups is 1. The van der Waals surface area contributed by atoms with E-state index in [-0.39, 0.29) is 22.9 Å². The number of benzene rings is 1. The smallest absolute Gasteiger partial charge is 0.280 e. The third-order valence-corrected chi connectivity index (χ3v) is 4.14. The average Bonchev–Trinajstić information content (AvgIpc) is 2.74. The first-order valence-electron chi connectivity index (χ1n) is 8.74. The number of nitro benzene ring substituents is 1. The highest BCUT2D eigenvalue weighted by Gasteiger charge is 2.22. The van der Waals surface area contributed by atoms with Gasteiger partial charge in [0.05, 0.1) is 10.5 Å². The Balaban J connectivity index is 2.19. The molecule has 9 heteroatoms. The summed E-state index contributed by atoms with van der Waals surface area (Å²) in [7, 11) is 0. The van der Waals surface area contributed by atoms with Crippen molar-refractivity contribution in [3.63, 3.8) is 0 Å². The van der Waals surface area contributed by atoms with Crippen LogP contribution in [0.15, 0.2) is 48.8 Å². The van der Waals surface area contributed by atoms with Crippen LogP contribution in [-0.2, 0) is 0 Å². The maximum absolute atomic E-state index is 12.9. The molecule has 0 unspecified atom stereocenters. The van der Waals surface area contributed by atoms with E-state index in [1.807, 2.05) is 18.7 Å². The van der Waals surface area contributed by atoms with Gasteiger partial charge in [-0.3, -0.25) is 19.9 Å². The number of carbonyl (C=O) groups is 1. The molecule has 0 spiro atoms. The summed E-state index contributed by atoms with van der Waals surface area (Å²) in [4.78, 5) is 42.5. The van der Waals surface area contributed by atoms with Gasteiger partial charge in [0.2, 0.25) is 17.6 Å². The number of hydrogen-bond donors (Lipinski definition) is 0. The quantitative estimate of drug-likeness (QED) is 0.350. The summed E-state index contributed by atoms with van der Waals surface area (Å²) in [5.74, 6) is -0.140. The molecule has 0 fully saturated rings. The molecule has 142 valence electrons. The highest BCUT2D eigenvalue weighted by molar-refractivity contribution is 6.06. The minimum absolute atomic E-state index is 0.0800. The highest BCUT2D eigenvalue weighted by atomic mass is 16.6. The lowest BCUT2D eigenvalue weighted by Gasteiger charge is -2.19. The van der Waals surface area contributed by atoms with Crippen molar-refractivity contribution >= 4 is 17.4 Å². The Hall–Kier alpha value is -3.75. The third-order valence-electron chi connectivity index (χ3n) is 4.14. The van der Waals surface area contributed by atoms with Gasteiger partial charge in [0.25, 0.3) is 5.69 Å². The normalized spacial score (nSPS) is 10.5. The molecule has 3 rings (SSSR count). The predicted octanol–water partition coefficient (Wildman–Crippen LogP) is 2.92. The zero-order valence-corrected chi connectivity index (χ0v) is 15.4. The van der Waals surface area contributed by atoms with Crippen LogP contribution in [0.5, 0.6) is 0 Å². The number of nitrogens with zero attached hydrogens (tertiary/aromatic N) is 6. The maximum Gasteiger partial charge on any atom is 0.280 e. The molecule has 0 bridgehead atoms. The molecule has 0 aliphatic heterocycles. The van der Waals surface area contributed by atoms with E-state index < -0.39 is 10.7 Å². The van der Waals surface area contributed by atoms with Crippen molar-refractivity contribution in [3.05, 3.63) is 70.3 Å². The topological polar surface area (TPSA) is 115 Å². The second-order valence-corrected chi connectivity index (χ2v) is 5.80. The van der Waals surface area contributed by atoms with Crippen LogP contribution >= 0.6 is 0 Å². The molecule has 9 nitrogen and oxygen atoms in total. The first kappa shape index (κ1) is 19.0. The Kier molecular flexibility index (Phi) is 5.64. The maximum atomic E-state index is 12.9. The van der Waals surface area contributed by atoms with E-state index in [0.29, 0.717) is 24.6 Å². The van der Waals surface area contributed by atoms with Crippen LogP contribution in [0.1, 0.15) is 30.0 Å². The van der Waals surface area contributed by atoms with Gasteiger partial charge in [0, 0.05) is 37.1 Å². The SMILES string of the molecule is CCN(CC)c1nc(C(=O)c2cccnc2)nc(-c2ccccc2[N+](=O)[O-])n1. The third kappa shape index (κ3) is 3.83. The van der Waals surface area contributed by atoms with E-state index in [9.17, 15) is 14.9 Å². The molecule has 1 aromatic carbocycles. The lowest BCUT2D eigenvalue weighted by Crippen LogP contribution is -2.26. The van der Waals surface area contributed by atoms with Crippen molar-refractivity contribution in [2.45, 2.75) is 13.8 Å². The zero-order valence-electron chi connectivity index (χ0n) is 15.4. The molecule has 2 aromatic heterocycles. The first-order valence-corrected chi connectivity index (χ1v) is 8.74. The van der Waals surface area contributed by atoms with Crippen LogP contribution in [0.25, 0.3) is 11.4 Å². The van der Waals surface area contributed by atoms with E-state index >= 15 is 0 Å². The van der Waals surface area contributed by atoms with Crippen LogP contribution < -0.4 is 4.90 Å². The van der Waals surface area contributed by atoms with Gasteiger partial charge >= 0.3 is 0 Å². The van der Waals surface area contributed by atoms with Gasteiger partial charge < -0.3 is 4.90 Å². The second-order valence-electron chi connectivity index (χ2n) is 5.80. The number of anilines is 1. The van der Waals surface area contributed by atoms with E-state index in [1.54, 1.807) is 36.5 Å². The van der Waals surface area contributed by atoms with E-state index in [0.717, 1.165) is 0 Å². The number of pyridine rings is 1. The number of carbonyl (C=O) groups excluding carboxylic acids is 1. The summed E-state index contributed by atoms with van der Waals surface area (Å²) >= 11 is 0. The average molecular weight is 378 g/mol. The number of para-hydroxylation sites is 1. The van der Waals surface area contributed by atoms with Crippen molar-refractivity contribution in [2.24, 2.45) is 0 Å². The molecule has 0 aliphatic rings. The van der Waals surface area contributed by atoms with E-state index in [4.69, 9.17) is 0 Å². The molecule has 0 amide bonds. The molecule has 28 heavy (non-hydrogen) atoms. The second kappa shape index (κ2) is 8.30. The Morgan fingerprint density at radius 1 is 1.07 bits per heavy atom. The van der Waals surface area contributed by atoms with Gasteiger partial charge in [0.15, 0.2) is 5.82 Å². The summed E-state index contributed by atoms with van der Waals surface area (Å²) < 4.78 is 0. The van der Waals surface area contributed by atoms with Crippen LogP contribution in [0.4, 0.5) is 11.6 Å². The van der Waals surface area contributed by atoms with Crippen molar-refractivity contribution < 1.29 is 9.72 Å². The minimum atomic E-state index is -0.501. The Morgan fingerprint density at radius 3 is 2.46 bits per heavy atom. The molecule has 0 saturated heterocycles. The number of hydrogen-bond acceptors (Lipinski definition) is 8. The highest BCUT2D eigenvalue weighted by Crippen LogP contribution is 2.28. The number of ketones is 1. The van der Waals surface area contributed by atoms with Crippen LogP contribution in [0.2, 0.25) is 0 Å². The van der Waals surface area contributed by atoms with Crippen LogP contribution in [0.3, 0.4) is 0 Å². The molecular formula is C19H18N6O3. The first-order chi connectivity index (χ1) is 13.5. The van der Waals surface area contributed by atoms with E-state index in [1.165, 1.54) is 12.3 Å². The molecular weight excluding hydrogens is 360 g/mol. The Labute approximate surface area is 161 Å². The molecule has 0 N–H and O–H groups in total. The predicted molar refractivity (Wildman–Crippen MR) is 103 cm³/mol. The molecule has 0 saturated carbocycles. The number of rotatable bonds is 7. The van der Waals surface area contributed by atoms with Crippen LogP contribution in [-0.4, -0.2) is 43.7 Å². The van der Waals surface area contributed by atoms with Gasteiger partial charge in [-0.1, -0.05) is 12.1 Å². The number of aromatic nitrogens is 4. The molecule has 0 radical (unpaired) electrons. The molecule has 2 heterocycles. The van der Waals surface area contributed by atoms with Crippen molar-refractivity contribution in [3.8, 4) is 11.4 Å². The summed E-state index contributed by atoms with van der Waals surface area (Å²) in [5.41, 5.74) is 0.412. The van der Waals surface area contributed by atoms with Gasteiger partial charge in [-0.05, 0) is 32.0 Å². The van der Waals surface area contributed by atoms with Gasteiger partial charge in [-0.25, -0.2) is 4.98 Å². The Morgan fingerprint density at radius 2 is 1.82 bits per heavy atom. The standard InChI is InChI=1S/C19H18N6O3/c1-3-24(4-2)19-22-17(14-9-5-6-10-15(14)25(27)28)21-18(23-19)16(26)13-8-7-11-20-12-13/h5-12H,3-4H2,1-2H3. The van der Waals surface area contributed by atoms with Crippen molar-refractivity contribution in [1.29, 1.82) is 0 Å². The monoisotopic (exact) mass is 378 g/mol. The lowest BCUT2D eigenvalue weighted by molar-refractivity contribution is -0.384. The fraction of sp³-hybridized carbons (Fsp3) is 0.211. The zero-order chi connectivity index (χ0) is 20.1. The summed E-state index contributed by atoms with van der Waals surface area (Å²) in [5, 5.41) is 11.4. The Bertz CT molecular complexity index is 1010. The van der Waals surface area contributed by atoms with Crippen molar-refractivity contribution in [1.82, 2.24) is 19.9 Å². The fourth-order valence-electron chi connectivity index (χ4n) is 2.68. The molecule has 0 aliphatic carbocycles. The largest absolute Gasteiger partial charge is 0.341 e. The fourth-order valence-corrected chi connectivity index (χ4v) is 2.68. The van der Waals surface area contributed by atoms with Gasteiger partial charge in [-0.15, -0.1) is 0 Å². The van der Waals surface area contributed by atoms with Crippen molar-refractivity contribution in [2.75, 3.05) is 18.0 Å². The minimum Gasteiger partial charge on any atom is -0.341 e.